The van der Waals surface area contributed by atoms with E-state index in [0.29, 0.717) is 5.41 Å². The van der Waals surface area contributed by atoms with Crippen LogP contribution >= 0.6 is 0 Å². The molecule has 0 aliphatic rings. The fraction of sp³-hybridized carbons (Fsp3) is 0.700. The molecule has 0 saturated carbocycles. The zero-order valence-electron chi connectivity index (χ0n) is 7.48. The summed E-state index contributed by atoms with van der Waals surface area (Å²) in [7, 11) is 0. The van der Waals surface area contributed by atoms with Crippen molar-refractivity contribution in [2.45, 2.75) is 40.0 Å². The van der Waals surface area contributed by atoms with Gasteiger partial charge in [-0.3, -0.25) is 0 Å². The van der Waals surface area contributed by atoms with Gasteiger partial charge >= 0.3 is 0 Å². The molecule has 0 rings (SSSR count). The van der Waals surface area contributed by atoms with Crippen LogP contribution in [0.4, 0.5) is 0 Å². The van der Waals surface area contributed by atoms with E-state index in [2.05, 4.69) is 39.8 Å². The summed E-state index contributed by atoms with van der Waals surface area (Å²) in [5, 5.41) is 0. The number of allylic oxidation sites excluding steroid dienone is 2. The van der Waals surface area contributed by atoms with Crippen LogP contribution in [-0.2, 0) is 0 Å². The first-order chi connectivity index (χ1) is 4.56. The molecule has 0 N–H and O–H groups in total. The van der Waals surface area contributed by atoms with Crippen molar-refractivity contribution >= 4 is 0 Å². The summed E-state index contributed by atoms with van der Waals surface area (Å²) in [6.07, 6.45) is 7.73. The van der Waals surface area contributed by atoms with Crippen molar-refractivity contribution in [2.75, 3.05) is 0 Å². The molecule has 0 atom stereocenters. The van der Waals surface area contributed by atoms with Crippen LogP contribution in [0.2, 0.25) is 0 Å². The summed E-state index contributed by atoms with van der Waals surface area (Å²) >= 11 is 0. The van der Waals surface area contributed by atoms with E-state index in [1.54, 1.807) is 0 Å². The second-order valence-corrected chi connectivity index (χ2v) is 3.86. The Hall–Kier alpha value is -0.260. The monoisotopic (exact) mass is 139 g/mol. The summed E-state index contributed by atoms with van der Waals surface area (Å²) in [5.41, 5.74) is 0.478. The zero-order chi connectivity index (χ0) is 8.04. The molecule has 59 valence electrons. The SMILES string of the molecule is [CH2]CC=CCCC(C)(C)C. The lowest BCUT2D eigenvalue weighted by Gasteiger charge is -2.15. The summed E-state index contributed by atoms with van der Waals surface area (Å²) in [6, 6.07) is 0. The average Bonchev–Trinajstić information content (AvgIpc) is 1.78. The molecule has 0 heterocycles. The van der Waals surface area contributed by atoms with Gasteiger partial charge in [-0.1, -0.05) is 32.9 Å². The highest BCUT2D eigenvalue weighted by molar-refractivity contribution is 4.83. The molecule has 0 aliphatic heterocycles. The average molecular weight is 139 g/mol. The lowest BCUT2D eigenvalue weighted by atomic mass is 9.90. The summed E-state index contributed by atoms with van der Waals surface area (Å²) in [5.74, 6) is 0. The Morgan fingerprint density at radius 3 is 2.20 bits per heavy atom. The van der Waals surface area contributed by atoms with E-state index in [9.17, 15) is 0 Å². The van der Waals surface area contributed by atoms with Gasteiger partial charge in [0.2, 0.25) is 0 Å². The lowest BCUT2D eigenvalue weighted by Crippen LogP contribution is -2.02. The third-order valence-electron chi connectivity index (χ3n) is 1.39. The highest BCUT2D eigenvalue weighted by Gasteiger charge is 2.06. The highest BCUT2D eigenvalue weighted by atomic mass is 14.1. The molecule has 0 saturated heterocycles. The minimum absolute atomic E-state index is 0.478. The molecule has 1 radical (unpaired) electrons. The van der Waals surface area contributed by atoms with Gasteiger partial charge in [-0.15, -0.1) is 0 Å². The molecule has 0 fully saturated rings. The van der Waals surface area contributed by atoms with Gasteiger partial charge < -0.3 is 0 Å². The van der Waals surface area contributed by atoms with Gasteiger partial charge in [0, 0.05) is 0 Å². The molecule has 0 heteroatoms. The predicted octanol–water partition coefficient (Wildman–Crippen LogP) is 3.59. The standard InChI is InChI=1S/C10H19/c1-5-6-7-8-9-10(2,3)4/h6-7H,1,5,8-9H2,2-4H3. The largest absolute Gasteiger partial charge is 0.0885 e. The number of rotatable bonds is 3. The maximum atomic E-state index is 3.73. The van der Waals surface area contributed by atoms with Crippen molar-refractivity contribution in [3.8, 4) is 0 Å². The molecule has 0 amide bonds. The van der Waals surface area contributed by atoms with Crippen LogP contribution in [0.3, 0.4) is 0 Å². The van der Waals surface area contributed by atoms with Crippen molar-refractivity contribution in [1.82, 2.24) is 0 Å². The van der Waals surface area contributed by atoms with E-state index in [-0.39, 0.29) is 0 Å². The second-order valence-electron chi connectivity index (χ2n) is 3.86. The van der Waals surface area contributed by atoms with Crippen molar-refractivity contribution in [2.24, 2.45) is 5.41 Å². The first-order valence-electron chi connectivity index (χ1n) is 4.00. The maximum absolute atomic E-state index is 3.73. The van der Waals surface area contributed by atoms with Crippen molar-refractivity contribution in [3.05, 3.63) is 19.1 Å². The second kappa shape index (κ2) is 4.54. The molecule has 0 aromatic heterocycles. The van der Waals surface area contributed by atoms with Crippen LogP contribution in [0.5, 0.6) is 0 Å². The topological polar surface area (TPSA) is 0 Å². The van der Waals surface area contributed by atoms with Gasteiger partial charge in [-0.25, -0.2) is 0 Å². The Morgan fingerprint density at radius 1 is 1.20 bits per heavy atom. The molecule has 10 heavy (non-hydrogen) atoms. The molecule has 0 unspecified atom stereocenters. The van der Waals surface area contributed by atoms with Crippen LogP contribution in [0, 0.1) is 12.3 Å². The first-order valence-corrected chi connectivity index (χ1v) is 4.00. The van der Waals surface area contributed by atoms with Crippen LogP contribution in [-0.4, -0.2) is 0 Å². The Bertz CT molecular complexity index is 93.1. The minimum Gasteiger partial charge on any atom is -0.0885 e. The van der Waals surface area contributed by atoms with E-state index < -0.39 is 0 Å². The van der Waals surface area contributed by atoms with E-state index >= 15 is 0 Å². The zero-order valence-corrected chi connectivity index (χ0v) is 7.48. The van der Waals surface area contributed by atoms with E-state index in [0.717, 1.165) is 6.42 Å². The summed E-state index contributed by atoms with van der Waals surface area (Å²) in [4.78, 5) is 0. The molecule has 0 aromatic carbocycles. The normalized spacial score (nSPS) is 12.8. The van der Waals surface area contributed by atoms with E-state index in [1.165, 1.54) is 12.8 Å². The van der Waals surface area contributed by atoms with Gasteiger partial charge in [-0.05, 0) is 31.6 Å². The van der Waals surface area contributed by atoms with Crippen LogP contribution < -0.4 is 0 Å². The predicted molar refractivity (Wildman–Crippen MR) is 47.8 cm³/mol. The van der Waals surface area contributed by atoms with Gasteiger partial charge in [0.05, 0.1) is 0 Å². The molecule has 0 spiro atoms. The summed E-state index contributed by atoms with van der Waals surface area (Å²) < 4.78 is 0. The Kier molecular flexibility index (Phi) is 4.42. The molecule has 0 aromatic rings. The van der Waals surface area contributed by atoms with Crippen molar-refractivity contribution in [1.29, 1.82) is 0 Å². The van der Waals surface area contributed by atoms with Gasteiger partial charge in [0.1, 0.15) is 0 Å². The molecular formula is C10H19. The molecular weight excluding hydrogens is 120 g/mol. The Morgan fingerprint density at radius 2 is 1.80 bits per heavy atom. The number of hydrogen-bond acceptors (Lipinski definition) is 0. The molecule has 0 nitrogen and oxygen atoms in total. The van der Waals surface area contributed by atoms with Crippen LogP contribution in [0.25, 0.3) is 0 Å². The molecule has 0 aliphatic carbocycles. The number of hydrogen-bond donors (Lipinski definition) is 0. The van der Waals surface area contributed by atoms with E-state index in [1.807, 2.05) is 0 Å². The van der Waals surface area contributed by atoms with E-state index in [4.69, 9.17) is 0 Å². The fourth-order valence-corrected chi connectivity index (χ4v) is 0.752. The van der Waals surface area contributed by atoms with Gasteiger partial charge in [0.15, 0.2) is 0 Å². The van der Waals surface area contributed by atoms with Crippen LogP contribution in [0.1, 0.15) is 40.0 Å². The fourth-order valence-electron chi connectivity index (χ4n) is 0.752. The smallest absolute Gasteiger partial charge is 0.0346 e. The van der Waals surface area contributed by atoms with Gasteiger partial charge in [0.25, 0.3) is 0 Å². The first kappa shape index (κ1) is 9.74. The quantitative estimate of drug-likeness (QED) is 0.524. The summed E-state index contributed by atoms with van der Waals surface area (Å²) in [6.45, 7) is 10.5. The molecule has 0 bridgehead atoms. The third kappa shape index (κ3) is 7.74. The van der Waals surface area contributed by atoms with Gasteiger partial charge in [-0.2, -0.15) is 0 Å². The highest BCUT2D eigenvalue weighted by Crippen LogP contribution is 2.20. The third-order valence-corrected chi connectivity index (χ3v) is 1.39. The van der Waals surface area contributed by atoms with Crippen molar-refractivity contribution < 1.29 is 0 Å². The maximum Gasteiger partial charge on any atom is -0.0346 e. The van der Waals surface area contributed by atoms with Crippen molar-refractivity contribution in [3.63, 3.8) is 0 Å². The van der Waals surface area contributed by atoms with Crippen LogP contribution in [0.15, 0.2) is 12.2 Å². The Labute approximate surface area is 65.3 Å². The minimum atomic E-state index is 0.478. The lowest BCUT2D eigenvalue weighted by molar-refractivity contribution is 0.381. The Balaban J connectivity index is 3.28.